The number of imidazole rings is 1. The number of hydrogen-bond acceptors (Lipinski definition) is 3. The SMILES string of the molecule is CCNc1ccc(Cl)cc1C(=O)NCc1nccn1C. The van der Waals surface area contributed by atoms with E-state index in [1.54, 1.807) is 18.3 Å². The third-order valence-electron chi connectivity index (χ3n) is 2.92. The zero-order valence-corrected chi connectivity index (χ0v) is 12.2. The molecule has 106 valence electrons. The van der Waals surface area contributed by atoms with Crippen molar-refractivity contribution in [1.82, 2.24) is 14.9 Å². The van der Waals surface area contributed by atoms with Crippen molar-refractivity contribution < 1.29 is 4.79 Å². The number of halogens is 1. The van der Waals surface area contributed by atoms with Crippen LogP contribution in [0.25, 0.3) is 0 Å². The first-order valence-electron chi connectivity index (χ1n) is 6.39. The molecular formula is C14H17ClN4O. The molecule has 6 heteroatoms. The molecule has 1 aromatic heterocycles. The van der Waals surface area contributed by atoms with Crippen LogP contribution >= 0.6 is 11.6 Å². The third kappa shape index (κ3) is 3.30. The van der Waals surface area contributed by atoms with Crippen LogP contribution in [0, 0.1) is 0 Å². The molecular weight excluding hydrogens is 276 g/mol. The summed E-state index contributed by atoms with van der Waals surface area (Å²) in [7, 11) is 1.89. The first-order chi connectivity index (χ1) is 9.61. The van der Waals surface area contributed by atoms with Gasteiger partial charge in [0.05, 0.1) is 12.1 Å². The van der Waals surface area contributed by atoms with Gasteiger partial charge in [-0.15, -0.1) is 0 Å². The largest absolute Gasteiger partial charge is 0.385 e. The van der Waals surface area contributed by atoms with Gasteiger partial charge in [0.15, 0.2) is 0 Å². The summed E-state index contributed by atoms with van der Waals surface area (Å²) in [5.41, 5.74) is 1.31. The normalized spacial score (nSPS) is 10.3. The minimum atomic E-state index is -0.175. The van der Waals surface area contributed by atoms with Crippen molar-refractivity contribution in [3.63, 3.8) is 0 Å². The fraction of sp³-hybridized carbons (Fsp3) is 0.286. The van der Waals surface area contributed by atoms with Crippen LogP contribution in [-0.2, 0) is 13.6 Å². The lowest BCUT2D eigenvalue weighted by Crippen LogP contribution is -2.25. The molecule has 0 spiro atoms. The van der Waals surface area contributed by atoms with Gasteiger partial charge in [-0.25, -0.2) is 4.98 Å². The van der Waals surface area contributed by atoms with Crippen LogP contribution in [0.5, 0.6) is 0 Å². The first-order valence-corrected chi connectivity index (χ1v) is 6.77. The van der Waals surface area contributed by atoms with Gasteiger partial charge in [-0.05, 0) is 25.1 Å². The maximum absolute atomic E-state index is 12.3. The molecule has 2 N–H and O–H groups in total. The van der Waals surface area contributed by atoms with Crippen LogP contribution in [0.2, 0.25) is 5.02 Å². The summed E-state index contributed by atoms with van der Waals surface area (Å²) < 4.78 is 1.86. The molecule has 0 aliphatic carbocycles. The lowest BCUT2D eigenvalue weighted by molar-refractivity contribution is 0.0950. The quantitative estimate of drug-likeness (QED) is 0.890. The first kappa shape index (κ1) is 14.4. The van der Waals surface area contributed by atoms with Crippen molar-refractivity contribution in [2.75, 3.05) is 11.9 Å². The monoisotopic (exact) mass is 292 g/mol. The molecule has 2 rings (SSSR count). The van der Waals surface area contributed by atoms with Gasteiger partial charge >= 0.3 is 0 Å². The van der Waals surface area contributed by atoms with Crippen molar-refractivity contribution in [1.29, 1.82) is 0 Å². The standard InChI is InChI=1S/C14H17ClN4O/c1-3-16-12-5-4-10(15)8-11(12)14(20)18-9-13-17-6-7-19(13)2/h4-8,16H,3,9H2,1-2H3,(H,18,20). The summed E-state index contributed by atoms with van der Waals surface area (Å²) in [4.78, 5) is 16.4. The Bertz CT molecular complexity index is 609. The summed E-state index contributed by atoms with van der Waals surface area (Å²) in [6.07, 6.45) is 3.54. The maximum Gasteiger partial charge on any atom is 0.253 e. The second-order valence-corrected chi connectivity index (χ2v) is 4.79. The number of rotatable bonds is 5. The number of carbonyl (C=O) groups excluding carboxylic acids is 1. The van der Waals surface area contributed by atoms with Gasteiger partial charge in [-0.1, -0.05) is 11.6 Å². The van der Waals surface area contributed by atoms with Crippen LogP contribution in [-0.4, -0.2) is 22.0 Å². The Balaban J connectivity index is 2.12. The summed E-state index contributed by atoms with van der Waals surface area (Å²) in [6, 6.07) is 5.23. The van der Waals surface area contributed by atoms with Crippen molar-refractivity contribution in [3.05, 3.63) is 47.0 Å². The molecule has 5 nitrogen and oxygen atoms in total. The highest BCUT2D eigenvalue weighted by Crippen LogP contribution is 2.20. The number of hydrogen-bond donors (Lipinski definition) is 2. The van der Waals surface area contributed by atoms with E-state index in [-0.39, 0.29) is 5.91 Å². The molecule has 0 fully saturated rings. The molecule has 0 bridgehead atoms. The number of nitrogens with one attached hydrogen (secondary N) is 2. The summed E-state index contributed by atoms with van der Waals surface area (Å²) in [5, 5.41) is 6.53. The highest BCUT2D eigenvalue weighted by Gasteiger charge is 2.12. The van der Waals surface area contributed by atoms with Gasteiger partial charge in [0.1, 0.15) is 5.82 Å². The maximum atomic E-state index is 12.3. The Kier molecular flexibility index (Phi) is 4.63. The zero-order chi connectivity index (χ0) is 14.5. The van der Waals surface area contributed by atoms with E-state index in [4.69, 9.17) is 11.6 Å². The van der Waals surface area contributed by atoms with Gasteiger partial charge in [-0.3, -0.25) is 4.79 Å². The number of aromatic nitrogens is 2. The van der Waals surface area contributed by atoms with E-state index in [1.165, 1.54) is 0 Å². The Morgan fingerprint density at radius 3 is 2.90 bits per heavy atom. The Morgan fingerprint density at radius 2 is 2.25 bits per heavy atom. The van der Waals surface area contributed by atoms with E-state index in [0.717, 1.165) is 18.1 Å². The summed E-state index contributed by atoms with van der Waals surface area (Å²) in [6.45, 7) is 3.09. The predicted octanol–water partition coefficient (Wildman–Crippen LogP) is 2.44. The number of aryl methyl sites for hydroxylation is 1. The molecule has 1 aromatic carbocycles. The predicted molar refractivity (Wildman–Crippen MR) is 80.0 cm³/mol. The van der Waals surface area contributed by atoms with Gasteiger partial charge in [0.2, 0.25) is 0 Å². The van der Waals surface area contributed by atoms with E-state index < -0.39 is 0 Å². The number of benzene rings is 1. The van der Waals surface area contributed by atoms with Crippen LogP contribution in [0.15, 0.2) is 30.6 Å². The topological polar surface area (TPSA) is 59.0 Å². The van der Waals surface area contributed by atoms with Gasteiger partial charge < -0.3 is 15.2 Å². The molecule has 2 aromatic rings. The van der Waals surface area contributed by atoms with Crippen molar-refractivity contribution >= 4 is 23.2 Å². The van der Waals surface area contributed by atoms with E-state index in [9.17, 15) is 4.79 Å². The smallest absolute Gasteiger partial charge is 0.253 e. The van der Waals surface area contributed by atoms with Crippen LogP contribution < -0.4 is 10.6 Å². The fourth-order valence-corrected chi connectivity index (χ4v) is 2.04. The fourth-order valence-electron chi connectivity index (χ4n) is 1.87. The van der Waals surface area contributed by atoms with Crippen LogP contribution in [0.1, 0.15) is 23.1 Å². The molecule has 0 atom stereocenters. The van der Waals surface area contributed by atoms with E-state index in [1.807, 2.05) is 30.8 Å². The average Bonchev–Trinajstić information content (AvgIpc) is 2.84. The van der Waals surface area contributed by atoms with Crippen LogP contribution in [0.4, 0.5) is 5.69 Å². The number of nitrogens with zero attached hydrogens (tertiary/aromatic N) is 2. The number of amides is 1. The van der Waals surface area contributed by atoms with Gasteiger partial charge in [0, 0.05) is 36.7 Å². The average molecular weight is 293 g/mol. The molecule has 0 saturated heterocycles. The highest BCUT2D eigenvalue weighted by molar-refractivity contribution is 6.31. The van der Waals surface area contributed by atoms with E-state index >= 15 is 0 Å². The molecule has 1 amide bonds. The van der Waals surface area contributed by atoms with E-state index in [2.05, 4.69) is 15.6 Å². The minimum Gasteiger partial charge on any atom is -0.385 e. The van der Waals surface area contributed by atoms with Gasteiger partial charge in [-0.2, -0.15) is 0 Å². The second kappa shape index (κ2) is 6.43. The molecule has 0 unspecified atom stereocenters. The Morgan fingerprint density at radius 1 is 1.45 bits per heavy atom. The molecule has 0 aliphatic rings. The molecule has 20 heavy (non-hydrogen) atoms. The minimum absolute atomic E-state index is 0.175. The van der Waals surface area contributed by atoms with Crippen molar-refractivity contribution in [3.8, 4) is 0 Å². The molecule has 0 aliphatic heterocycles. The van der Waals surface area contributed by atoms with Crippen molar-refractivity contribution in [2.45, 2.75) is 13.5 Å². The highest BCUT2D eigenvalue weighted by atomic mass is 35.5. The van der Waals surface area contributed by atoms with Crippen LogP contribution in [0.3, 0.4) is 0 Å². The zero-order valence-electron chi connectivity index (χ0n) is 11.5. The molecule has 0 radical (unpaired) electrons. The Hall–Kier alpha value is -2.01. The molecule has 1 heterocycles. The second-order valence-electron chi connectivity index (χ2n) is 4.36. The van der Waals surface area contributed by atoms with Gasteiger partial charge in [0.25, 0.3) is 5.91 Å². The van der Waals surface area contributed by atoms with E-state index in [0.29, 0.717) is 17.1 Å². The van der Waals surface area contributed by atoms with Crippen molar-refractivity contribution in [2.24, 2.45) is 7.05 Å². The summed E-state index contributed by atoms with van der Waals surface area (Å²) >= 11 is 5.96. The summed E-state index contributed by atoms with van der Waals surface area (Å²) in [5.74, 6) is 0.622. The lowest BCUT2D eigenvalue weighted by Gasteiger charge is -2.11. The number of anilines is 1. The number of carbonyl (C=O) groups is 1. The molecule has 0 saturated carbocycles. The third-order valence-corrected chi connectivity index (χ3v) is 3.16. The lowest BCUT2D eigenvalue weighted by atomic mass is 10.1. The Labute approximate surface area is 123 Å².